The first-order chi connectivity index (χ1) is 13.1. The fourth-order valence-electron chi connectivity index (χ4n) is 3.09. The number of hydrogen-bond donors (Lipinski definition) is 1. The highest BCUT2D eigenvalue weighted by Gasteiger charge is 2.24. The normalized spacial score (nSPS) is 14.8. The van der Waals surface area contributed by atoms with Crippen molar-refractivity contribution in [3.8, 4) is 5.75 Å². The molecule has 0 radical (unpaired) electrons. The van der Waals surface area contributed by atoms with Gasteiger partial charge in [0.25, 0.3) is 5.91 Å². The van der Waals surface area contributed by atoms with E-state index in [2.05, 4.69) is 10.5 Å². The first-order valence-corrected chi connectivity index (χ1v) is 9.31. The molecule has 3 rings (SSSR count). The van der Waals surface area contributed by atoms with Gasteiger partial charge in [0.2, 0.25) is 5.91 Å². The minimum Gasteiger partial charge on any atom is -0.494 e. The van der Waals surface area contributed by atoms with Crippen molar-refractivity contribution < 1.29 is 18.8 Å². The molecule has 0 saturated carbocycles. The number of ether oxygens (including phenoxy) is 1. The third-order valence-corrected chi connectivity index (χ3v) is 4.59. The first kappa shape index (κ1) is 18.9. The maximum absolute atomic E-state index is 12.3. The number of nitrogens with one attached hydrogen (secondary N) is 1. The fourth-order valence-corrected chi connectivity index (χ4v) is 3.09. The van der Waals surface area contributed by atoms with Crippen molar-refractivity contribution >= 4 is 11.8 Å². The van der Waals surface area contributed by atoms with Gasteiger partial charge in [0.15, 0.2) is 5.69 Å². The number of carbonyl (C=O) groups excluding carboxylic acids is 2. The maximum atomic E-state index is 12.3. The van der Waals surface area contributed by atoms with Crippen molar-refractivity contribution in [2.75, 3.05) is 19.7 Å². The predicted octanol–water partition coefficient (Wildman–Crippen LogP) is 2.56. The lowest BCUT2D eigenvalue weighted by Gasteiger charge is -2.32. The molecule has 0 atom stereocenters. The molecule has 7 heteroatoms. The molecule has 7 nitrogen and oxygen atoms in total. The van der Waals surface area contributed by atoms with Gasteiger partial charge in [-0.15, -0.1) is 0 Å². The molecule has 2 heterocycles. The average Bonchev–Trinajstić information content (AvgIpc) is 3.13. The summed E-state index contributed by atoms with van der Waals surface area (Å²) in [7, 11) is 0. The Morgan fingerprint density at radius 3 is 2.67 bits per heavy atom. The molecular weight excluding hydrogens is 346 g/mol. The Hall–Kier alpha value is -2.83. The van der Waals surface area contributed by atoms with Gasteiger partial charge in [0.1, 0.15) is 11.5 Å². The molecule has 1 saturated heterocycles. The monoisotopic (exact) mass is 371 g/mol. The van der Waals surface area contributed by atoms with Gasteiger partial charge in [-0.05, 0) is 38.3 Å². The number of carbonyl (C=O) groups is 2. The third-order valence-electron chi connectivity index (χ3n) is 4.59. The zero-order valence-corrected chi connectivity index (χ0v) is 15.5. The van der Waals surface area contributed by atoms with Gasteiger partial charge in [-0.2, -0.15) is 0 Å². The number of likely N-dealkylation sites (tertiary alicyclic amines) is 1. The minimum absolute atomic E-state index is 0.0555. The van der Waals surface area contributed by atoms with E-state index in [0.29, 0.717) is 44.0 Å². The Morgan fingerprint density at radius 1 is 1.26 bits per heavy atom. The highest BCUT2D eigenvalue weighted by atomic mass is 16.5. The molecule has 1 N–H and O–H groups in total. The number of aromatic nitrogens is 1. The Balaban J connectivity index is 1.33. The molecule has 1 aromatic carbocycles. The molecule has 0 aliphatic carbocycles. The lowest BCUT2D eigenvalue weighted by atomic mass is 10.0. The molecule has 0 unspecified atom stereocenters. The van der Waals surface area contributed by atoms with Crippen molar-refractivity contribution in [1.82, 2.24) is 15.4 Å². The van der Waals surface area contributed by atoms with Gasteiger partial charge >= 0.3 is 0 Å². The van der Waals surface area contributed by atoms with Crippen LogP contribution in [0.15, 0.2) is 40.9 Å². The summed E-state index contributed by atoms with van der Waals surface area (Å²) in [5, 5.41) is 6.68. The van der Waals surface area contributed by atoms with Crippen molar-refractivity contribution in [2.24, 2.45) is 0 Å². The third kappa shape index (κ3) is 5.57. The molecule has 0 spiro atoms. The number of hydrogen-bond acceptors (Lipinski definition) is 5. The number of rotatable bonds is 7. The van der Waals surface area contributed by atoms with Gasteiger partial charge in [0, 0.05) is 31.6 Å². The van der Waals surface area contributed by atoms with Crippen LogP contribution in [0.3, 0.4) is 0 Å². The zero-order valence-electron chi connectivity index (χ0n) is 15.5. The molecule has 0 bridgehead atoms. The standard InChI is InChI=1S/C20H25N3O4/c1-15-14-18(22-27-15)20(25)21-16-9-11-23(12-10-16)19(24)8-5-13-26-17-6-3-2-4-7-17/h2-4,6-7,14,16H,5,8-13H2,1H3,(H,21,25). The smallest absolute Gasteiger partial charge is 0.273 e. The largest absolute Gasteiger partial charge is 0.494 e. The maximum Gasteiger partial charge on any atom is 0.273 e. The Kier molecular flexibility index (Phi) is 6.46. The summed E-state index contributed by atoms with van der Waals surface area (Å²) in [5.74, 6) is 1.35. The lowest BCUT2D eigenvalue weighted by Crippen LogP contribution is -2.46. The molecule has 1 aliphatic heterocycles. The van der Waals surface area contributed by atoms with Crippen LogP contribution in [0.1, 0.15) is 41.9 Å². The van der Waals surface area contributed by atoms with E-state index in [4.69, 9.17) is 9.26 Å². The summed E-state index contributed by atoms with van der Waals surface area (Å²) in [5.41, 5.74) is 0.296. The zero-order chi connectivity index (χ0) is 19.1. The van der Waals surface area contributed by atoms with Crippen molar-refractivity contribution in [3.63, 3.8) is 0 Å². The lowest BCUT2D eigenvalue weighted by molar-refractivity contribution is -0.132. The van der Waals surface area contributed by atoms with E-state index in [0.717, 1.165) is 18.6 Å². The van der Waals surface area contributed by atoms with E-state index >= 15 is 0 Å². The summed E-state index contributed by atoms with van der Waals surface area (Å²) >= 11 is 0. The van der Waals surface area contributed by atoms with E-state index < -0.39 is 0 Å². The number of piperidine rings is 1. The number of benzene rings is 1. The Bertz CT molecular complexity index is 752. The molecule has 27 heavy (non-hydrogen) atoms. The van der Waals surface area contributed by atoms with Crippen molar-refractivity contribution in [3.05, 3.63) is 47.9 Å². The van der Waals surface area contributed by atoms with Gasteiger partial charge in [-0.25, -0.2) is 0 Å². The van der Waals surface area contributed by atoms with E-state index in [1.807, 2.05) is 35.2 Å². The quantitative estimate of drug-likeness (QED) is 0.756. The van der Waals surface area contributed by atoms with Crippen LogP contribution in [0, 0.1) is 6.92 Å². The van der Waals surface area contributed by atoms with E-state index in [1.54, 1.807) is 13.0 Å². The molecule has 1 aromatic heterocycles. The van der Waals surface area contributed by atoms with Crippen LogP contribution in [-0.4, -0.2) is 47.6 Å². The Morgan fingerprint density at radius 2 is 2.00 bits per heavy atom. The molecular formula is C20H25N3O4. The minimum atomic E-state index is -0.227. The number of amides is 2. The molecule has 1 fully saturated rings. The van der Waals surface area contributed by atoms with Gasteiger partial charge in [-0.3, -0.25) is 9.59 Å². The van der Waals surface area contributed by atoms with Crippen LogP contribution in [-0.2, 0) is 4.79 Å². The van der Waals surface area contributed by atoms with Crippen LogP contribution in [0.4, 0.5) is 0 Å². The topological polar surface area (TPSA) is 84.7 Å². The van der Waals surface area contributed by atoms with Crippen LogP contribution in [0.2, 0.25) is 0 Å². The molecule has 1 aliphatic rings. The van der Waals surface area contributed by atoms with E-state index in [9.17, 15) is 9.59 Å². The highest BCUT2D eigenvalue weighted by molar-refractivity contribution is 5.92. The summed E-state index contributed by atoms with van der Waals surface area (Å²) < 4.78 is 10.5. The second-order valence-corrected chi connectivity index (χ2v) is 6.72. The van der Waals surface area contributed by atoms with E-state index in [-0.39, 0.29) is 17.9 Å². The number of para-hydroxylation sites is 1. The van der Waals surface area contributed by atoms with Crippen molar-refractivity contribution in [2.45, 2.75) is 38.6 Å². The first-order valence-electron chi connectivity index (χ1n) is 9.31. The second-order valence-electron chi connectivity index (χ2n) is 6.72. The summed E-state index contributed by atoms with van der Waals surface area (Å²) in [4.78, 5) is 26.3. The predicted molar refractivity (Wildman–Crippen MR) is 99.5 cm³/mol. The van der Waals surface area contributed by atoms with E-state index in [1.165, 1.54) is 0 Å². The molecule has 2 aromatic rings. The summed E-state index contributed by atoms with van der Waals surface area (Å²) in [6.45, 7) is 3.58. The molecule has 144 valence electrons. The van der Waals surface area contributed by atoms with Crippen LogP contribution in [0.25, 0.3) is 0 Å². The summed E-state index contributed by atoms with van der Waals surface area (Å²) in [6, 6.07) is 11.3. The van der Waals surface area contributed by atoms with Crippen LogP contribution in [0.5, 0.6) is 5.75 Å². The van der Waals surface area contributed by atoms with Gasteiger partial charge in [0.05, 0.1) is 6.61 Å². The Labute approximate surface area is 158 Å². The number of nitrogens with zero attached hydrogens (tertiary/aromatic N) is 2. The summed E-state index contributed by atoms with van der Waals surface area (Å²) in [6.07, 6.45) is 2.65. The second kappa shape index (κ2) is 9.21. The van der Waals surface area contributed by atoms with Gasteiger partial charge < -0.3 is 19.5 Å². The van der Waals surface area contributed by atoms with Crippen LogP contribution < -0.4 is 10.1 Å². The van der Waals surface area contributed by atoms with Gasteiger partial charge in [-0.1, -0.05) is 23.4 Å². The number of aryl methyl sites for hydroxylation is 1. The highest BCUT2D eigenvalue weighted by Crippen LogP contribution is 2.14. The van der Waals surface area contributed by atoms with Crippen molar-refractivity contribution in [1.29, 1.82) is 0 Å². The SMILES string of the molecule is Cc1cc(C(=O)NC2CCN(C(=O)CCCOc3ccccc3)CC2)no1. The average molecular weight is 371 g/mol. The fraction of sp³-hybridized carbons (Fsp3) is 0.450. The molecule has 2 amide bonds. The van der Waals surface area contributed by atoms with Crippen LogP contribution >= 0.6 is 0 Å².